The minimum atomic E-state index is -0.161. The molecule has 0 saturated heterocycles. The van der Waals surface area contributed by atoms with Crippen LogP contribution in [0.5, 0.6) is 0 Å². The summed E-state index contributed by atoms with van der Waals surface area (Å²) in [6, 6.07) is 5.34. The SMILES string of the molecule is CCNC(=O)c1cc2c(/C(=N/COCCN(CC)CC)c3ccco3)nc(N)nc2s1. The normalized spacial score (nSPS) is 12.1. The third-order valence-electron chi connectivity index (χ3n) is 4.71. The quantitative estimate of drug-likeness (QED) is 0.345. The van der Waals surface area contributed by atoms with Gasteiger partial charge >= 0.3 is 0 Å². The molecule has 0 spiro atoms. The molecule has 3 N–H and O–H groups in total. The van der Waals surface area contributed by atoms with Gasteiger partial charge in [0.1, 0.15) is 23.0 Å². The van der Waals surface area contributed by atoms with Gasteiger partial charge in [-0.15, -0.1) is 11.3 Å². The topological polar surface area (TPSA) is 119 Å². The Morgan fingerprint density at radius 2 is 2.13 bits per heavy atom. The van der Waals surface area contributed by atoms with Gasteiger partial charge in [-0.2, -0.15) is 0 Å². The van der Waals surface area contributed by atoms with E-state index in [1.54, 1.807) is 24.5 Å². The summed E-state index contributed by atoms with van der Waals surface area (Å²) in [7, 11) is 0. The number of aliphatic imine (C=N–C) groups is 1. The van der Waals surface area contributed by atoms with Crippen LogP contribution in [0, 0.1) is 0 Å². The predicted octanol–water partition coefficient (Wildman–Crippen LogP) is 2.77. The Hall–Kier alpha value is -2.82. The first-order valence-electron chi connectivity index (χ1n) is 10.3. The van der Waals surface area contributed by atoms with Crippen molar-refractivity contribution < 1.29 is 13.9 Å². The minimum absolute atomic E-state index is 0.105. The van der Waals surface area contributed by atoms with E-state index in [9.17, 15) is 4.79 Å². The van der Waals surface area contributed by atoms with E-state index < -0.39 is 0 Å². The summed E-state index contributed by atoms with van der Waals surface area (Å²) in [6.07, 6.45) is 1.57. The lowest BCUT2D eigenvalue weighted by Crippen LogP contribution is -2.27. The maximum Gasteiger partial charge on any atom is 0.261 e. The summed E-state index contributed by atoms with van der Waals surface area (Å²) in [5, 5.41) is 3.49. The summed E-state index contributed by atoms with van der Waals surface area (Å²) >= 11 is 1.26. The molecular formula is C21H28N6O3S. The van der Waals surface area contributed by atoms with Gasteiger partial charge < -0.3 is 25.1 Å². The predicted molar refractivity (Wildman–Crippen MR) is 123 cm³/mol. The van der Waals surface area contributed by atoms with Crippen LogP contribution >= 0.6 is 11.3 Å². The van der Waals surface area contributed by atoms with Crippen LogP contribution in [0.15, 0.2) is 33.9 Å². The number of nitrogens with two attached hydrogens (primary N) is 1. The number of rotatable bonds is 11. The van der Waals surface area contributed by atoms with Crippen molar-refractivity contribution in [3.63, 3.8) is 0 Å². The highest BCUT2D eigenvalue weighted by Gasteiger charge is 2.20. The highest BCUT2D eigenvalue weighted by atomic mass is 32.1. The first kappa shape index (κ1) is 22.9. The van der Waals surface area contributed by atoms with Gasteiger partial charge in [0.2, 0.25) is 5.95 Å². The molecule has 10 heteroatoms. The number of furan rings is 1. The number of carbonyl (C=O) groups is 1. The average Bonchev–Trinajstić information content (AvgIpc) is 3.43. The summed E-state index contributed by atoms with van der Waals surface area (Å²) in [5.74, 6) is 0.484. The summed E-state index contributed by atoms with van der Waals surface area (Å²) in [6.45, 7) is 10.2. The molecule has 0 aliphatic carbocycles. The van der Waals surface area contributed by atoms with Gasteiger partial charge in [-0.05, 0) is 38.2 Å². The van der Waals surface area contributed by atoms with Crippen LogP contribution in [0.4, 0.5) is 5.95 Å². The molecule has 9 nitrogen and oxygen atoms in total. The molecule has 3 heterocycles. The number of thiophene rings is 1. The Kier molecular flexibility index (Phi) is 8.10. The monoisotopic (exact) mass is 444 g/mol. The first-order chi connectivity index (χ1) is 15.1. The Morgan fingerprint density at radius 3 is 2.81 bits per heavy atom. The number of ether oxygens (including phenoxy) is 1. The van der Waals surface area contributed by atoms with Gasteiger partial charge in [0.25, 0.3) is 5.91 Å². The molecule has 0 saturated carbocycles. The van der Waals surface area contributed by atoms with Gasteiger partial charge in [-0.3, -0.25) is 9.79 Å². The summed E-state index contributed by atoms with van der Waals surface area (Å²) < 4.78 is 11.3. The van der Waals surface area contributed by atoms with Gasteiger partial charge in [0.15, 0.2) is 5.76 Å². The molecule has 3 aromatic rings. The van der Waals surface area contributed by atoms with E-state index in [1.165, 1.54) is 11.3 Å². The van der Waals surface area contributed by atoms with E-state index in [2.05, 4.69) is 39.0 Å². The third-order valence-corrected chi connectivity index (χ3v) is 5.74. The number of amides is 1. The molecule has 0 bridgehead atoms. The average molecular weight is 445 g/mol. The maximum atomic E-state index is 12.3. The van der Waals surface area contributed by atoms with E-state index in [4.69, 9.17) is 14.9 Å². The van der Waals surface area contributed by atoms with E-state index >= 15 is 0 Å². The zero-order valence-corrected chi connectivity index (χ0v) is 18.9. The van der Waals surface area contributed by atoms with Crippen LogP contribution < -0.4 is 11.1 Å². The number of hydrogen-bond donors (Lipinski definition) is 2. The Bertz CT molecular complexity index is 1030. The first-order valence-corrected chi connectivity index (χ1v) is 11.1. The second-order valence-electron chi connectivity index (χ2n) is 6.67. The van der Waals surface area contributed by atoms with Gasteiger partial charge in [0, 0.05) is 18.5 Å². The zero-order valence-electron chi connectivity index (χ0n) is 18.1. The van der Waals surface area contributed by atoms with Gasteiger partial charge in [0.05, 0.1) is 17.7 Å². The summed E-state index contributed by atoms with van der Waals surface area (Å²) in [4.78, 5) is 29.1. The number of nitrogens with one attached hydrogen (secondary N) is 1. The molecule has 0 atom stereocenters. The van der Waals surface area contributed by atoms with E-state index in [0.29, 0.717) is 45.4 Å². The van der Waals surface area contributed by atoms with Crippen LogP contribution in [0.25, 0.3) is 10.2 Å². The Labute approximate surface area is 185 Å². The lowest BCUT2D eigenvalue weighted by molar-refractivity contribution is 0.0960. The van der Waals surface area contributed by atoms with E-state index in [0.717, 1.165) is 19.6 Å². The number of nitrogens with zero attached hydrogens (tertiary/aromatic N) is 4. The summed E-state index contributed by atoms with van der Waals surface area (Å²) in [5.41, 5.74) is 6.98. The molecule has 0 unspecified atom stereocenters. The molecule has 166 valence electrons. The number of likely N-dealkylation sites (N-methyl/N-ethyl adjacent to an activating group) is 1. The minimum Gasteiger partial charge on any atom is -0.463 e. The lowest BCUT2D eigenvalue weighted by atomic mass is 10.1. The standard InChI is InChI=1S/C21H28N6O3S/c1-4-23-19(28)16-12-14-17(25-21(22)26-20(14)31-16)18(15-8-7-10-30-15)24-13-29-11-9-27(5-2)6-3/h7-8,10,12H,4-6,9,11,13H2,1-3H3,(H,23,28)(H2,22,25,26)/b24-18+. The fraction of sp³-hybridized carbons (Fsp3) is 0.429. The maximum absolute atomic E-state index is 12.3. The molecule has 0 fully saturated rings. The molecule has 3 rings (SSSR count). The number of carbonyl (C=O) groups excluding carboxylic acids is 1. The van der Waals surface area contributed by atoms with Gasteiger partial charge in [-0.25, -0.2) is 9.97 Å². The molecule has 1 amide bonds. The highest BCUT2D eigenvalue weighted by molar-refractivity contribution is 7.20. The van der Waals surface area contributed by atoms with Crippen LogP contribution in [-0.2, 0) is 4.74 Å². The zero-order chi connectivity index (χ0) is 22.2. The van der Waals surface area contributed by atoms with Gasteiger partial charge in [-0.1, -0.05) is 13.8 Å². The number of anilines is 1. The van der Waals surface area contributed by atoms with Crippen molar-refractivity contribution >= 4 is 39.1 Å². The molecule has 0 aliphatic heterocycles. The number of fused-ring (bicyclic) bond motifs is 1. The highest BCUT2D eigenvalue weighted by Crippen LogP contribution is 2.28. The number of aromatic nitrogens is 2. The Morgan fingerprint density at radius 1 is 1.32 bits per heavy atom. The van der Waals surface area contributed by atoms with Crippen LogP contribution in [0.1, 0.15) is 41.9 Å². The molecule has 3 aromatic heterocycles. The van der Waals surface area contributed by atoms with E-state index in [-0.39, 0.29) is 18.6 Å². The fourth-order valence-corrected chi connectivity index (χ4v) is 4.02. The Balaban J connectivity index is 1.91. The van der Waals surface area contributed by atoms with Crippen molar-refractivity contribution in [1.82, 2.24) is 20.2 Å². The second kappa shape index (κ2) is 11.0. The van der Waals surface area contributed by atoms with Crippen molar-refractivity contribution in [2.24, 2.45) is 4.99 Å². The molecular weight excluding hydrogens is 416 g/mol. The van der Waals surface area contributed by atoms with E-state index in [1.807, 2.05) is 6.92 Å². The largest absolute Gasteiger partial charge is 0.463 e. The second-order valence-corrected chi connectivity index (χ2v) is 7.70. The fourth-order valence-electron chi connectivity index (χ4n) is 3.07. The smallest absolute Gasteiger partial charge is 0.261 e. The van der Waals surface area contributed by atoms with Crippen molar-refractivity contribution in [2.75, 3.05) is 45.3 Å². The van der Waals surface area contributed by atoms with Crippen molar-refractivity contribution in [3.8, 4) is 0 Å². The lowest BCUT2D eigenvalue weighted by Gasteiger charge is -2.17. The molecule has 0 aliphatic rings. The molecule has 0 radical (unpaired) electrons. The van der Waals surface area contributed by atoms with Crippen molar-refractivity contribution in [3.05, 3.63) is 40.8 Å². The van der Waals surface area contributed by atoms with Crippen LogP contribution in [0.3, 0.4) is 0 Å². The molecule has 0 aromatic carbocycles. The van der Waals surface area contributed by atoms with Crippen LogP contribution in [-0.4, -0.2) is 66.0 Å². The van der Waals surface area contributed by atoms with Crippen molar-refractivity contribution in [2.45, 2.75) is 20.8 Å². The number of nitrogen functional groups attached to an aromatic ring is 1. The third kappa shape index (κ3) is 5.66. The number of hydrogen-bond acceptors (Lipinski definition) is 9. The van der Waals surface area contributed by atoms with Crippen LogP contribution in [0.2, 0.25) is 0 Å². The molecule has 31 heavy (non-hydrogen) atoms. The van der Waals surface area contributed by atoms with Crippen molar-refractivity contribution in [1.29, 1.82) is 0 Å².